The SMILES string of the molecule is Cc1cc(C)nc(S/C=C/c2ccccc2)n1. The lowest BCUT2D eigenvalue weighted by molar-refractivity contribution is 0.905. The fourth-order valence-electron chi connectivity index (χ4n) is 1.48. The molecule has 17 heavy (non-hydrogen) atoms. The Hall–Kier alpha value is -1.61. The van der Waals surface area contributed by atoms with Crippen LogP contribution in [0.2, 0.25) is 0 Å². The zero-order chi connectivity index (χ0) is 12.1. The third-order valence-corrected chi connectivity index (χ3v) is 2.86. The molecule has 0 aliphatic carbocycles. The average molecular weight is 242 g/mol. The van der Waals surface area contributed by atoms with Crippen molar-refractivity contribution in [2.75, 3.05) is 0 Å². The number of thioether (sulfide) groups is 1. The number of hydrogen-bond donors (Lipinski definition) is 0. The Balaban J connectivity index is 2.05. The highest BCUT2D eigenvalue weighted by molar-refractivity contribution is 8.02. The molecule has 0 amide bonds. The molecule has 0 radical (unpaired) electrons. The molecule has 2 rings (SSSR count). The van der Waals surface area contributed by atoms with Gasteiger partial charge in [0.1, 0.15) is 0 Å². The van der Waals surface area contributed by atoms with Crippen LogP contribution < -0.4 is 0 Å². The fourth-order valence-corrected chi connectivity index (χ4v) is 2.22. The van der Waals surface area contributed by atoms with Crippen LogP contribution in [0.3, 0.4) is 0 Å². The van der Waals surface area contributed by atoms with Crippen LogP contribution in [0.1, 0.15) is 17.0 Å². The Morgan fingerprint density at radius 1 is 1.00 bits per heavy atom. The van der Waals surface area contributed by atoms with E-state index in [2.05, 4.69) is 28.2 Å². The summed E-state index contributed by atoms with van der Waals surface area (Å²) >= 11 is 1.54. The Kier molecular flexibility index (Phi) is 3.94. The molecule has 0 unspecified atom stereocenters. The Labute approximate surface area is 106 Å². The second-order valence-electron chi connectivity index (χ2n) is 3.76. The smallest absolute Gasteiger partial charge is 0.192 e. The topological polar surface area (TPSA) is 25.8 Å². The van der Waals surface area contributed by atoms with E-state index in [0.29, 0.717) is 0 Å². The number of aryl methyl sites for hydroxylation is 2. The molecular formula is C14H14N2S. The fraction of sp³-hybridized carbons (Fsp3) is 0.143. The van der Waals surface area contributed by atoms with Gasteiger partial charge in [0.25, 0.3) is 0 Å². The van der Waals surface area contributed by atoms with Crippen molar-refractivity contribution in [3.63, 3.8) is 0 Å². The minimum atomic E-state index is 0.801. The molecule has 2 nitrogen and oxygen atoms in total. The summed E-state index contributed by atoms with van der Waals surface area (Å²) in [6, 6.07) is 12.2. The monoisotopic (exact) mass is 242 g/mol. The molecule has 0 spiro atoms. The molecule has 2 aromatic rings. The molecule has 86 valence electrons. The van der Waals surface area contributed by atoms with Gasteiger partial charge in [0.15, 0.2) is 5.16 Å². The molecule has 1 aromatic carbocycles. The molecule has 3 heteroatoms. The minimum Gasteiger partial charge on any atom is -0.228 e. The molecule has 0 atom stereocenters. The van der Waals surface area contributed by atoms with Crippen LogP contribution in [0.5, 0.6) is 0 Å². The van der Waals surface area contributed by atoms with E-state index in [-0.39, 0.29) is 0 Å². The summed E-state index contributed by atoms with van der Waals surface area (Å²) in [5.41, 5.74) is 3.20. The van der Waals surface area contributed by atoms with E-state index in [1.807, 2.05) is 43.5 Å². The summed E-state index contributed by atoms with van der Waals surface area (Å²) in [6.07, 6.45) is 2.06. The third-order valence-electron chi connectivity index (χ3n) is 2.20. The van der Waals surface area contributed by atoms with Gasteiger partial charge in [-0.2, -0.15) is 0 Å². The van der Waals surface area contributed by atoms with E-state index in [1.165, 1.54) is 5.56 Å². The molecule has 0 aliphatic rings. The van der Waals surface area contributed by atoms with Crippen molar-refractivity contribution in [1.29, 1.82) is 0 Å². The van der Waals surface area contributed by atoms with Gasteiger partial charge in [-0.1, -0.05) is 42.1 Å². The van der Waals surface area contributed by atoms with Gasteiger partial charge in [-0.05, 0) is 37.0 Å². The minimum absolute atomic E-state index is 0.801. The van der Waals surface area contributed by atoms with Crippen molar-refractivity contribution >= 4 is 17.8 Å². The second kappa shape index (κ2) is 5.64. The van der Waals surface area contributed by atoms with Crippen LogP contribution in [0.4, 0.5) is 0 Å². The van der Waals surface area contributed by atoms with Gasteiger partial charge in [0, 0.05) is 11.4 Å². The lowest BCUT2D eigenvalue weighted by Gasteiger charge is -1.99. The van der Waals surface area contributed by atoms with Crippen molar-refractivity contribution < 1.29 is 0 Å². The molecular weight excluding hydrogens is 228 g/mol. The molecule has 1 heterocycles. The van der Waals surface area contributed by atoms with Crippen molar-refractivity contribution in [1.82, 2.24) is 9.97 Å². The van der Waals surface area contributed by atoms with Gasteiger partial charge < -0.3 is 0 Å². The molecule has 0 aliphatic heterocycles. The van der Waals surface area contributed by atoms with Gasteiger partial charge >= 0.3 is 0 Å². The van der Waals surface area contributed by atoms with E-state index >= 15 is 0 Å². The summed E-state index contributed by atoms with van der Waals surface area (Å²) in [4.78, 5) is 8.73. The molecule has 0 saturated carbocycles. The van der Waals surface area contributed by atoms with E-state index in [9.17, 15) is 0 Å². The molecule has 1 aromatic heterocycles. The lowest BCUT2D eigenvalue weighted by Crippen LogP contribution is -1.91. The third kappa shape index (κ3) is 3.71. The summed E-state index contributed by atoms with van der Waals surface area (Å²) in [6.45, 7) is 3.97. The number of benzene rings is 1. The molecule has 0 saturated heterocycles. The van der Waals surface area contributed by atoms with Crippen LogP contribution >= 0.6 is 11.8 Å². The summed E-state index contributed by atoms with van der Waals surface area (Å²) < 4.78 is 0. The van der Waals surface area contributed by atoms with Crippen LogP contribution in [0, 0.1) is 13.8 Å². The number of aromatic nitrogens is 2. The van der Waals surface area contributed by atoms with Crippen LogP contribution in [-0.2, 0) is 0 Å². The summed E-state index contributed by atoms with van der Waals surface area (Å²) in [7, 11) is 0. The Bertz CT molecular complexity index is 501. The van der Waals surface area contributed by atoms with Crippen molar-refractivity contribution in [3.8, 4) is 0 Å². The highest BCUT2D eigenvalue weighted by atomic mass is 32.2. The zero-order valence-electron chi connectivity index (χ0n) is 9.92. The van der Waals surface area contributed by atoms with E-state index in [0.717, 1.165) is 16.5 Å². The van der Waals surface area contributed by atoms with Crippen molar-refractivity contribution in [2.24, 2.45) is 0 Å². The van der Waals surface area contributed by atoms with Crippen LogP contribution in [-0.4, -0.2) is 9.97 Å². The Morgan fingerprint density at radius 2 is 1.65 bits per heavy atom. The van der Waals surface area contributed by atoms with Crippen LogP contribution in [0.25, 0.3) is 6.08 Å². The standard InChI is InChI=1S/C14H14N2S/c1-11-10-12(2)16-14(15-11)17-9-8-13-6-4-3-5-7-13/h3-10H,1-2H3/b9-8+. The van der Waals surface area contributed by atoms with Gasteiger partial charge in [-0.15, -0.1) is 0 Å². The maximum Gasteiger partial charge on any atom is 0.192 e. The lowest BCUT2D eigenvalue weighted by atomic mass is 10.2. The molecule has 0 N–H and O–H groups in total. The zero-order valence-corrected chi connectivity index (χ0v) is 10.7. The van der Waals surface area contributed by atoms with Gasteiger partial charge in [-0.3, -0.25) is 0 Å². The molecule has 0 fully saturated rings. The maximum atomic E-state index is 4.37. The normalized spacial score (nSPS) is 10.9. The van der Waals surface area contributed by atoms with Gasteiger partial charge in [-0.25, -0.2) is 9.97 Å². The predicted octanol–water partition coefficient (Wildman–Crippen LogP) is 3.86. The van der Waals surface area contributed by atoms with E-state index in [1.54, 1.807) is 11.8 Å². The first-order chi connectivity index (χ1) is 8.24. The number of rotatable bonds is 3. The predicted molar refractivity (Wildman–Crippen MR) is 72.8 cm³/mol. The van der Waals surface area contributed by atoms with Gasteiger partial charge in [0.05, 0.1) is 0 Å². The van der Waals surface area contributed by atoms with Gasteiger partial charge in [0.2, 0.25) is 0 Å². The highest BCUT2D eigenvalue weighted by Crippen LogP contribution is 2.16. The summed E-state index contributed by atoms with van der Waals surface area (Å²) in [5, 5.41) is 2.82. The Morgan fingerprint density at radius 3 is 2.29 bits per heavy atom. The van der Waals surface area contributed by atoms with E-state index in [4.69, 9.17) is 0 Å². The first-order valence-corrected chi connectivity index (χ1v) is 6.32. The number of hydrogen-bond acceptors (Lipinski definition) is 3. The highest BCUT2D eigenvalue weighted by Gasteiger charge is 1.97. The van der Waals surface area contributed by atoms with Crippen molar-refractivity contribution in [3.05, 3.63) is 58.8 Å². The first-order valence-electron chi connectivity index (χ1n) is 5.44. The molecule has 0 bridgehead atoms. The van der Waals surface area contributed by atoms with Crippen molar-refractivity contribution in [2.45, 2.75) is 19.0 Å². The average Bonchev–Trinajstić information content (AvgIpc) is 2.29. The number of nitrogens with zero attached hydrogens (tertiary/aromatic N) is 2. The quantitative estimate of drug-likeness (QED) is 0.604. The maximum absolute atomic E-state index is 4.37. The summed E-state index contributed by atoms with van der Waals surface area (Å²) in [5.74, 6) is 0. The largest absolute Gasteiger partial charge is 0.228 e. The van der Waals surface area contributed by atoms with Crippen LogP contribution in [0.15, 0.2) is 47.0 Å². The second-order valence-corrected chi connectivity index (χ2v) is 4.64. The van der Waals surface area contributed by atoms with E-state index < -0.39 is 0 Å². The first kappa shape index (κ1) is 11.9.